The summed E-state index contributed by atoms with van der Waals surface area (Å²) in [6.07, 6.45) is 16.0. The average Bonchev–Trinajstić information content (AvgIpc) is 1.60. The number of sulfonamides is 2. The van der Waals surface area contributed by atoms with Crippen molar-refractivity contribution >= 4 is 78.3 Å². The number of hydrogen-bond acceptors (Lipinski definition) is 12. The van der Waals surface area contributed by atoms with E-state index in [1.54, 1.807) is 38.1 Å². The van der Waals surface area contributed by atoms with Crippen LogP contribution in [0.3, 0.4) is 0 Å². The first kappa shape index (κ1) is 62.1. The molecule has 0 unspecified atom stereocenters. The number of fused-ring (bicyclic) bond motifs is 8. The van der Waals surface area contributed by atoms with Crippen LogP contribution in [0, 0.1) is 23.7 Å². The summed E-state index contributed by atoms with van der Waals surface area (Å²) in [7, 11) is -3.75. The molecule has 8 aliphatic rings. The molecule has 2 fully saturated rings. The van der Waals surface area contributed by atoms with Crippen molar-refractivity contribution < 1.29 is 45.5 Å². The van der Waals surface area contributed by atoms with Gasteiger partial charge in [-0.05, 0) is 196 Å². The molecule has 2 spiro atoms. The highest BCUT2D eigenvalue weighted by molar-refractivity contribution is 7.90. The van der Waals surface area contributed by atoms with Gasteiger partial charge >= 0.3 is 0 Å². The molecule has 2 saturated carbocycles. The smallest absolute Gasteiger partial charge is 0.264 e. The lowest BCUT2D eigenvalue weighted by molar-refractivity contribution is -0.133. The highest BCUT2D eigenvalue weighted by Gasteiger charge is 2.48. The lowest BCUT2D eigenvalue weighted by Crippen LogP contribution is -2.52. The van der Waals surface area contributed by atoms with Crippen LogP contribution in [0.1, 0.15) is 160 Å². The first-order chi connectivity index (χ1) is 41.1. The third kappa shape index (κ3) is 13.2. The number of anilines is 2. The molecule has 4 aromatic carbocycles. The lowest BCUT2D eigenvalue weighted by Gasteiger charge is -2.48. The van der Waals surface area contributed by atoms with E-state index in [2.05, 4.69) is 43.5 Å². The second-order valence-corrected chi connectivity index (χ2v) is 30.7. The summed E-state index contributed by atoms with van der Waals surface area (Å²) in [5.74, 6) is 1.56. The van der Waals surface area contributed by atoms with Crippen LogP contribution in [0.15, 0.2) is 72.8 Å². The van der Waals surface area contributed by atoms with Gasteiger partial charge in [0.25, 0.3) is 11.8 Å². The van der Waals surface area contributed by atoms with Crippen LogP contribution in [0.25, 0.3) is 0 Å². The Morgan fingerprint density at radius 3 is 1.35 bits per heavy atom. The lowest BCUT2D eigenvalue weighted by atomic mass is 9.67. The minimum Gasteiger partial charge on any atom is -0.490 e. The van der Waals surface area contributed by atoms with Crippen molar-refractivity contribution in [2.45, 2.75) is 152 Å². The van der Waals surface area contributed by atoms with Gasteiger partial charge in [-0.2, -0.15) is 0 Å². The Hall–Kier alpha value is -5.56. The highest BCUT2D eigenvalue weighted by atomic mass is 35.5. The molecule has 4 heterocycles. The molecule has 16 nitrogen and oxygen atoms in total. The third-order valence-electron chi connectivity index (χ3n) is 20.8. The molecule has 4 amide bonds. The number of halogens is 2. The molecule has 0 aromatic heterocycles. The molecule has 20 heteroatoms. The molecule has 12 rings (SSSR count). The van der Waals surface area contributed by atoms with Gasteiger partial charge in [0.15, 0.2) is 0 Å². The molecule has 2 N–H and O–H groups in total. The van der Waals surface area contributed by atoms with Gasteiger partial charge in [0.2, 0.25) is 31.9 Å². The Bertz CT molecular complexity index is 3250. The minimum atomic E-state index is -3.78. The summed E-state index contributed by atoms with van der Waals surface area (Å²) in [5.41, 5.74) is 6.79. The zero-order valence-corrected chi connectivity index (χ0v) is 53.4. The van der Waals surface area contributed by atoms with Gasteiger partial charge in [-0.25, -0.2) is 26.3 Å². The number of carbonyl (C=O) groups excluding carboxylic acids is 4. The van der Waals surface area contributed by atoms with Crippen molar-refractivity contribution in [2.75, 3.05) is 74.8 Å². The zero-order chi connectivity index (χ0) is 60.7. The van der Waals surface area contributed by atoms with E-state index in [1.807, 2.05) is 48.2 Å². The third-order valence-corrected chi connectivity index (χ3v) is 23.9. The second-order valence-electron chi connectivity index (χ2n) is 26.2. The van der Waals surface area contributed by atoms with E-state index in [4.69, 9.17) is 32.7 Å². The van der Waals surface area contributed by atoms with E-state index in [0.29, 0.717) is 85.4 Å². The fourth-order valence-corrected chi connectivity index (χ4v) is 18.3. The zero-order valence-electron chi connectivity index (χ0n) is 50.2. The van der Waals surface area contributed by atoms with Crippen molar-refractivity contribution in [3.05, 3.63) is 116 Å². The summed E-state index contributed by atoms with van der Waals surface area (Å²) in [4.78, 5) is 60.0. The van der Waals surface area contributed by atoms with E-state index < -0.39 is 31.9 Å². The van der Waals surface area contributed by atoms with Crippen molar-refractivity contribution in [1.82, 2.24) is 19.2 Å². The molecule has 4 aromatic rings. The van der Waals surface area contributed by atoms with Crippen LogP contribution < -0.4 is 28.7 Å². The number of amides is 4. The molecule has 8 atom stereocenters. The highest BCUT2D eigenvalue weighted by Crippen LogP contribution is 2.50. The predicted molar refractivity (Wildman–Crippen MR) is 337 cm³/mol. The van der Waals surface area contributed by atoms with Gasteiger partial charge in [-0.1, -0.05) is 61.0 Å². The maximum absolute atomic E-state index is 13.2. The van der Waals surface area contributed by atoms with Gasteiger partial charge in [0.1, 0.15) is 11.5 Å². The largest absolute Gasteiger partial charge is 0.490 e. The molecule has 4 aliphatic heterocycles. The Morgan fingerprint density at radius 2 is 0.965 bits per heavy atom. The van der Waals surface area contributed by atoms with E-state index in [-0.39, 0.29) is 46.2 Å². The van der Waals surface area contributed by atoms with E-state index >= 15 is 0 Å². The second kappa shape index (κ2) is 25.5. The number of carbonyl (C=O) groups is 4. The summed E-state index contributed by atoms with van der Waals surface area (Å²) >= 11 is 12.8. The standard InChI is InChI=1S/2C33H42ClN3O5S/c2*1-22(38)36(2)29-8-4-3-5-16-43(40,41)35-32(39)24-10-14-31-30(18-24)37(19-25-9-12-27(25)29)20-33(21-42-31)15-6-7-23-17-26(34)11-13-28(23)33/h2*10-11,13-14,17-18,25,27,29H,3-9,12,15-16,19-21H2,1-2H3,(H,35,39)/t25-,27+,29+,33-;25-,27+,29-,33-/m00/s1. The summed E-state index contributed by atoms with van der Waals surface area (Å²) in [6, 6.07) is 23.1. The van der Waals surface area contributed by atoms with E-state index in [1.165, 1.54) is 22.3 Å². The van der Waals surface area contributed by atoms with Crippen LogP contribution in [0.4, 0.5) is 11.4 Å². The predicted octanol–water partition coefficient (Wildman–Crippen LogP) is 10.6. The SMILES string of the molecule is CC(=O)N(C)[C@@H]1CCCCCS(=O)(=O)NC(=O)c2ccc3c(c2)N(C[C@@H]2CC[C@H]21)C[C@@]1(CCCc2cc(Cl)ccc21)CO3.CC(=O)N(C)[C@H]1CCCCCS(=O)(=O)NC(=O)c2ccc3c(c2)N(C[C@@H]2CC[C@H]21)C[C@@]1(CCCc2cc(Cl)ccc21)CO3. The van der Waals surface area contributed by atoms with Crippen LogP contribution in [-0.2, 0) is 53.3 Å². The van der Waals surface area contributed by atoms with Crippen molar-refractivity contribution in [3.63, 3.8) is 0 Å². The molecule has 0 saturated heterocycles. The fourth-order valence-electron chi connectivity index (χ4n) is 15.7. The molecule has 464 valence electrons. The normalized spacial score (nSPS) is 28.8. The molecule has 4 bridgehead atoms. The fraction of sp³-hybridized carbons (Fsp3) is 0.576. The quantitative estimate of drug-likeness (QED) is 0.193. The minimum absolute atomic E-state index is 0.0601. The maximum Gasteiger partial charge on any atom is 0.264 e. The average molecular weight is 1260 g/mol. The van der Waals surface area contributed by atoms with Gasteiger partial charge < -0.3 is 29.1 Å². The molecular formula is C66H84Cl2N6O10S2. The van der Waals surface area contributed by atoms with Gasteiger partial charge in [-0.15, -0.1) is 0 Å². The molecule has 0 radical (unpaired) electrons. The Labute approximate surface area is 518 Å². The Balaban J connectivity index is 0.000000179. The molecule has 4 aliphatic carbocycles. The van der Waals surface area contributed by atoms with Crippen LogP contribution in [-0.4, -0.2) is 127 Å². The first-order valence-corrected chi connectivity index (χ1v) is 35.3. The van der Waals surface area contributed by atoms with Crippen molar-refractivity contribution in [3.8, 4) is 11.5 Å². The number of rotatable bonds is 2. The van der Waals surface area contributed by atoms with E-state index in [9.17, 15) is 36.0 Å². The van der Waals surface area contributed by atoms with Crippen LogP contribution in [0.5, 0.6) is 11.5 Å². The number of nitrogens with zero attached hydrogens (tertiary/aromatic N) is 4. The number of hydrogen-bond donors (Lipinski definition) is 2. The summed E-state index contributed by atoms with van der Waals surface area (Å²) in [6.45, 7) is 7.26. The van der Waals surface area contributed by atoms with Gasteiger partial charge in [0, 0.05) is 98.2 Å². The Morgan fingerprint density at radius 1 is 0.547 bits per heavy atom. The molecular weight excluding hydrogens is 1170 g/mol. The first-order valence-electron chi connectivity index (χ1n) is 31.3. The van der Waals surface area contributed by atoms with Crippen LogP contribution in [0.2, 0.25) is 10.0 Å². The maximum atomic E-state index is 13.2. The Kier molecular flexibility index (Phi) is 18.4. The van der Waals surface area contributed by atoms with Gasteiger partial charge in [-0.3, -0.25) is 19.2 Å². The van der Waals surface area contributed by atoms with Crippen molar-refractivity contribution in [1.29, 1.82) is 0 Å². The van der Waals surface area contributed by atoms with Gasteiger partial charge in [0.05, 0.1) is 36.1 Å². The number of benzene rings is 4. The van der Waals surface area contributed by atoms with Crippen molar-refractivity contribution in [2.24, 2.45) is 23.7 Å². The number of ether oxygens (including phenoxy) is 2. The monoisotopic (exact) mass is 1250 g/mol. The topological polar surface area (TPSA) is 192 Å². The van der Waals surface area contributed by atoms with Crippen LogP contribution >= 0.6 is 23.2 Å². The summed E-state index contributed by atoms with van der Waals surface area (Å²) < 4.78 is 68.9. The summed E-state index contributed by atoms with van der Waals surface area (Å²) in [5, 5.41) is 1.48. The van der Waals surface area contributed by atoms with E-state index in [0.717, 1.165) is 137 Å². The number of nitrogens with one attached hydrogen (secondary N) is 2. The molecule has 86 heavy (non-hydrogen) atoms. The number of aryl methyl sites for hydroxylation is 2.